The Morgan fingerprint density at radius 3 is 2.57 bits per heavy atom. The number of urea groups is 1. The molecule has 2 amide bonds. The van der Waals surface area contributed by atoms with Crippen LogP contribution in [0.3, 0.4) is 0 Å². The van der Waals surface area contributed by atoms with E-state index >= 15 is 0 Å². The van der Waals surface area contributed by atoms with Crippen LogP contribution in [0.15, 0.2) is 48.7 Å². The van der Waals surface area contributed by atoms with Crippen LogP contribution in [0.5, 0.6) is 0 Å². The summed E-state index contributed by atoms with van der Waals surface area (Å²) in [6.07, 6.45) is 1.68. The van der Waals surface area contributed by atoms with Crippen molar-refractivity contribution in [2.75, 3.05) is 19.7 Å². The highest BCUT2D eigenvalue weighted by Crippen LogP contribution is 2.52. The number of ether oxygens (including phenoxy) is 1. The van der Waals surface area contributed by atoms with Gasteiger partial charge in [-0.25, -0.2) is 14.3 Å². The summed E-state index contributed by atoms with van der Waals surface area (Å²) < 4.78 is 7.70. The normalized spacial score (nSPS) is 18.2. The number of nitriles is 1. The van der Waals surface area contributed by atoms with Gasteiger partial charge in [0, 0.05) is 36.2 Å². The average Bonchev–Trinajstić information content (AvgIpc) is 3.16. The maximum absolute atomic E-state index is 11.5. The lowest BCUT2D eigenvalue weighted by molar-refractivity contribution is -0.241. The van der Waals surface area contributed by atoms with Crippen molar-refractivity contribution in [3.05, 3.63) is 71.3 Å². The van der Waals surface area contributed by atoms with Gasteiger partial charge >= 0.3 is 6.03 Å². The Labute approximate surface area is 201 Å². The van der Waals surface area contributed by atoms with E-state index in [1.54, 1.807) is 15.5 Å². The van der Waals surface area contributed by atoms with Gasteiger partial charge in [0.2, 0.25) is 0 Å². The predicted octanol–water partition coefficient (Wildman–Crippen LogP) is 3.40. The van der Waals surface area contributed by atoms with E-state index < -0.39 is 6.03 Å². The standard InChI is InChI=1S/C26H23N7O2/c1-15-8-19(9-16(2)29-15)21-22(18-5-3-4-17(10-18)11-27)31-33-7-6-20(30-24(21)33)23-26(14-35-23)12-32(13-26)25(28)34/h3-10,23H,12-14H2,1-2H3,(H2,28,34). The molecular formula is C26H23N7O2. The monoisotopic (exact) mass is 465 g/mol. The zero-order valence-electron chi connectivity index (χ0n) is 19.4. The van der Waals surface area contributed by atoms with Gasteiger partial charge in [-0.1, -0.05) is 12.1 Å². The molecule has 3 aromatic heterocycles. The largest absolute Gasteiger partial charge is 0.370 e. The molecule has 0 radical (unpaired) electrons. The van der Waals surface area contributed by atoms with Crippen molar-refractivity contribution < 1.29 is 9.53 Å². The SMILES string of the molecule is Cc1cc(-c2c(-c3cccc(C#N)c3)nn3ccc(C4OCC45CN(C(N)=O)C5)nc23)cc(C)n1. The number of hydrogen-bond donors (Lipinski definition) is 1. The number of pyridine rings is 1. The third-order valence-corrected chi connectivity index (χ3v) is 6.83. The van der Waals surface area contributed by atoms with Crippen molar-refractivity contribution in [2.45, 2.75) is 20.0 Å². The number of aromatic nitrogens is 4. The summed E-state index contributed by atoms with van der Waals surface area (Å²) >= 11 is 0. The maximum atomic E-state index is 11.5. The first-order valence-corrected chi connectivity index (χ1v) is 11.4. The molecule has 2 N–H and O–H groups in total. The maximum Gasteiger partial charge on any atom is 0.314 e. The van der Waals surface area contributed by atoms with Crippen molar-refractivity contribution in [3.63, 3.8) is 0 Å². The molecule has 2 aliphatic rings. The second-order valence-electron chi connectivity index (χ2n) is 9.42. The molecule has 2 saturated heterocycles. The topological polar surface area (TPSA) is 122 Å². The van der Waals surface area contributed by atoms with Crippen molar-refractivity contribution in [2.24, 2.45) is 11.1 Å². The Morgan fingerprint density at radius 1 is 1.14 bits per heavy atom. The molecule has 1 spiro atoms. The zero-order valence-corrected chi connectivity index (χ0v) is 19.4. The van der Waals surface area contributed by atoms with Crippen LogP contribution >= 0.6 is 0 Å². The molecule has 1 aromatic carbocycles. The number of aryl methyl sites for hydroxylation is 2. The van der Waals surface area contributed by atoms with E-state index in [-0.39, 0.29) is 11.5 Å². The van der Waals surface area contributed by atoms with Crippen molar-refractivity contribution >= 4 is 11.7 Å². The molecule has 1 atom stereocenters. The van der Waals surface area contributed by atoms with Gasteiger partial charge in [-0.05, 0) is 49.7 Å². The van der Waals surface area contributed by atoms with Gasteiger partial charge in [-0.3, -0.25) is 4.98 Å². The fraction of sp³-hybridized carbons (Fsp3) is 0.269. The minimum atomic E-state index is -0.407. The van der Waals surface area contributed by atoms with Gasteiger partial charge in [0.15, 0.2) is 5.65 Å². The minimum absolute atomic E-state index is 0.144. The molecule has 6 rings (SSSR count). The van der Waals surface area contributed by atoms with Crippen molar-refractivity contribution in [3.8, 4) is 28.5 Å². The fourth-order valence-electron chi connectivity index (χ4n) is 5.20. The number of likely N-dealkylation sites (tertiary alicyclic amines) is 1. The molecule has 2 fully saturated rings. The van der Waals surface area contributed by atoms with Crippen LogP contribution in [0.25, 0.3) is 28.0 Å². The smallest absolute Gasteiger partial charge is 0.314 e. The first-order valence-electron chi connectivity index (χ1n) is 11.4. The van der Waals surface area contributed by atoms with Crippen LogP contribution in [-0.2, 0) is 4.74 Å². The van der Waals surface area contributed by atoms with E-state index in [4.69, 9.17) is 20.6 Å². The van der Waals surface area contributed by atoms with Crippen LogP contribution in [0.2, 0.25) is 0 Å². The summed E-state index contributed by atoms with van der Waals surface area (Å²) in [4.78, 5) is 22.7. The van der Waals surface area contributed by atoms with Gasteiger partial charge in [-0.2, -0.15) is 10.4 Å². The van der Waals surface area contributed by atoms with Gasteiger partial charge in [0.25, 0.3) is 0 Å². The third-order valence-electron chi connectivity index (χ3n) is 6.83. The molecule has 35 heavy (non-hydrogen) atoms. The molecule has 0 aliphatic carbocycles. The van der Waals surface area contributed by atoms with E-state index in [1.165, 1.54) is 0 Å². The minimum Gasteiger partial charge on any atom is -0.370 e. The lowest BCUT2D eigenvalue weighted by Crippen LogP contribution is -2.69. The fourth-order valence-corrected chi connectivity index (χ4v) is 5.20. The number of carbonyl (C=O) groups excluding carboxylic acids is 1. The molecule has 9 nitrogen and oxygen atoms in total. The van der Waals surface area contributed by atoms with E-state index in [1.807, 2.05) is 56.4 Å². The zero-order chi connectivity index (χ0) is 24.3. The van der Waals surface area contributed by atoms with Crippen LogP contribution in [-0.4, -0.2) is 50.2 Å². The lowest BCUT2D eigenvalue weighted by atomic mass is 9.70. The van der Waals surface area contributed by atoms with Crippen molar-refractivity contribution in [1.29, 1.82) is 5.26 Å². The molecule has 4 aromatic rings. The highest BCUT2D eigenvalue weighted by atomic mass is 16.5. The number of hydrogen-bond acceptors (Lipinski definition) is 6. The van der Waals surface area contributed by atoms with Gasteiger partial charge in [0.1, 0.15) is 11.8 Å². The molecule has 0 saturated carbocycles. The number of fused-ring (bicyclic) bond motifs is 1. The second kappa shape index (κ2) is 7.61. The molecule has 0 bridgehead atoms. The quantitative estimate of drug-likeness (QED) is 0.495. The summed E-state index contributed by atoms with van der Waals surface area (Å²) in [7, 11) is 0. The number of nitrogens with zero attached hydrogens (tertiary/aromatic N) is 6. The molecule has 174 valence electrons. The predicted molar refractivity (Wildman–Crippen MR) is 128 cm³/mol. The molecule has 5 heterocycles. The Kier molecular flexibility index (Phi) is 4.62. The summed E-state index contributed by atoms with van der Waals surface area (Å²) in [5, 5.41) is 14.3. The number of rotatable bonds is 3. The number of carbonyl (C=O) groups is 1. The van der Waals surface area contributed by atoms with Gasteiger partial charge in [-0.15, -0.1) is 0 Å². The number of primary amides is 1. The van der Waals surface area contributed by atoms with Gasteiger partial charge < -0.3 is 15.4 Å². The van der Waals surface area contributed by atoms with E-state index in [0.717, 1.165) is 39.5 Å². The Bertz CT molecular complexity index is 1530. The Hall–Kier alpha value is -4.29. The second-order valence-corrected chi connectivity index (χ2v) is 9.42. The third kappa shape index (κ3) is 3.33. The highest BCUT2D eigenvalue weighted by molar-refractivity contribution is 5.91. The average molecular weight is 466 g/mol. The van der Waals surface area contributed by atoms with E-state index in [0.29, 0.717) is 30.9 Å². The molecule has 2 aliphatic heterocycles. The summed E-state index contributed by atoms with van der Waals surface area (Å²) in [6.45, 7) is 5.64. The van der Waals surface area contributed by atoms with E-state index in [9.17, 15) is 10.1 Å². The van der Waals surface area contributed by atoms with Crippen molar-refractivity contribution in [1.82, 2.24) is 24.5 Å². The Balaban J connectivity index is 1.51. The molecular weight excluding hydrogens is 442 g/mol. The van der Waals surface area contributed by atoms with Crippen LogP contribution in [0, 0.1) is 30.6 Å². The Morgan fingerprint density at radius 2 is 1.91 bits per heavy atom. The summed E-state index contributed by atoms with van der Waals surface area (Å²) in [6, 6.07) is 15.2. The van der Waals surface area contributed by atoms with E-state index in [2.05, 4.69) is 11.1 Å². The van der Waals surface area contributed by atoms with Gasteiger partial charge in [0.05, 0.1) is 34.9 Å². The van der Waals surface area contributed by atoms with Crippen LogP contribution in [0.1, 0.15) is 28.7 Å². The molecule has 1 unspecified atom stereocenters. The van der Waals surface area contributed by atoms with Crippen LogP contribution in [0.4, 0.5) is 4.79 Å². The number of amides is 2. The highest BCUT2D eigenvalue weighted by Gasteiger charge is 2.58. The summed E-state index contributed by atoms with van der Waals surface area (Å²) in [5.41, 5.74) is 12.6. The first kappa shape index (κ1) is 21.3. The molecule has 9 heteroatoms. The first-order chi connectivity index (χ1) is 16.9. The number of benzene rings is 1. The lowest BCUT2D eigenvalue weighted by Gasteiger charge is -2.58. The van der Waals surface area contributed by atoms with Crippen LogP contribution < -0.4 is 5.73 Å². The summed E-state index contributed by atoms with van der Waals surface area (Å²) in [5.74, 6) is 0. The number of nitrogens with two attached hydrogens (primary N) is 1.